The lowest BCUT2D eigenvalue weighted by atomic mass is 10.2. The van der Waals surface area contributed by atoms with Gasteiger partial charge in [0.1, 0.15) is 11.6 Å². The van der Waals surface area contributed by atoms with Crippen molar-refractivity contribution in [1.29, 1.82) is 0 Å². The fourth-order valence-corrected chi connectivity index (χ4v) is 1.16. The lowest BCUT2D eigenvalue weighted by Gasteiger charge is -2.23. The summed E-state index contributed by atoms with van der Waals surface area (Å²) in [5.41, 5.74) is -0.776. The van der Waals surface area contributed by atoms with Crippen LogP contribution in [0.4, 0.5) is 13.6 Å². The van der Waals surface area contributed by atoms with Gasteiger partial charge in [0.25, 0.3) is 0 Å². The van der Waals surface area contributed by atoms with Gasteiger partial charge < -0.3 is 14.8 Å². The second-order valence-electron chi connectivity index (χ2n) is 5.31. The second kappa shape index (κ2) is 7.25. The molecule has 0 aromatic rings. The lowest BCUT2D eigenvalue weighted by molar-refractivity contribution is -0.151. The Kier molecular flexibility index (Phi) is 6.72. The molecule has 5 nitrogen and oxygen atoms in total. The Bertz CT molecular complexity index is 313. The van der Waals surface area contributed by atoms with Gasteiger partial charge in [0.2, 0.25) is 6.43 Å². The van der Waals surface area contributed by atoms with Gasteiger partial charge in [0, 0.05) is 6.42 Å². The van der Waals surface area contributed by atoms with E-state index in [0.717, 1.165) is 0 Å². The van der Waals surface area contributed by atoms with E-state index in [-0.39, 0.29) is 0 Å². The molecule has 0 aliphatic rings. The van der Waals surface area contributed by atoms with Crippen LogP contribution in [0.2, 0.25) is 0 Å². The predicted molar refractivity (Wildman–Crippen MR) is 65.0 cm³/mol. The summed E-state index contributed by atoms with van der Waals surface area (Å²) in [5, 5.41) is 2.09. The third-order valence-electron chi connectivity index (χ3n) is 1.74. The molecule has 112 valence electrons. The van der Waals surface area contributed by atoms with Crippen LogP contribution in [0.5, 0.6) is 0 Å². The highest BCUT2D eigenvalue weighted by atomic mass is 19.3. The summed E-state index contributed by atoms with van der Waals surface area (Å²) in [7, 11) is 0. The van der Waals surface area contributed by atoms with Crippen molar-refractivity contribution in [3.05, 3.63) is 0 Å². The maximum atomic E-state index is 12.4. The average Bonchev–Trinajstić information content (AvgIpc) is 2.11. The number of alkyl carbamates (subject to hydrolysis) is 1. The van der Waals surface area contributed by atoms with Crippen LogP contribution < -0.4 is 5.32 Å². The molecule has 0 aliphatic heterocycles. The van der Waals surface area contributed by atoms with Crippen LogP contribution in [-0.4, -0.2) is 36.2 Å². The number of carbonyl (C=O) groups is 2. The van der Waals surface area contributed by atoms with E-state index >= 15 is 0 Å². The largest absolute Gasteiger partial charge is 0.461 e. The van der Waals surface area contributed by atoms with Crippen molar-refractivity contribution in [3.8, 4) is 0 Å². The highest BCUT2D eigenvalue weighted by Crippen LogP contribution is 2.10. The summed E-state index contributed by atoms with van der Waals surface area (Å²) in [4.78, 5) is 23.0. The zero-order valence-corrected chi connectivity index (χ0v) is 11.8. The standard InChI is InChI=1S/C12H21F2NO4/c1-7(2)18-10(16)8(6-9(13)14)15-11(17)19-12(3,4)5/h7-9H,6H2,1-5H3,(H,15,17)/t8-/m0/s1. The first-order valence-electron chi connectivity index (χ1n) is 5.99. The fraction of sp³-hybridized carbons (Fsp3) is 0.833. The molecular formula is C12H21F2NO4. The topological polar surface area (TPSA) is 64.6 Å². The molecule has 0 aromatic heterocycles. The first-order chi connectivity index (χ1) is 8.51. The monoisotopic (exact) mass is 281 g/mol. The van der Waals surface area contributed by atoms with Gasteiger partial charge >= 0.3 is 12.1 Å². The van der Waals surface area contributed by atoms with Crippen LogP contribution in [-0.2, 0) is 14.3 Å². The molecule has 19 heavy (non-hydrogen) atoms. The number of rotatable bonds is 5. The number of amides is 1. The van der Waals surface area contributed by atoms with Crippen LogP contribution in [0.3, 0.4) is 0 Å². The molecule has 0 bridgehead atoms. The van der Waals surface area contributed by atoms with E-state index in [0.29, 0.717) is 0 Å². The van der Waals surface area contributed by atoms with Crippen molar-refractivity contribution in [1.82, 2.24) is 5.32 Å². The van der Waals surface area contributed by atoms with E-state index in [1.165, 1.54) is 0 Å². The van der Waals surface area contributed by atoms with Crippen LogP contribution >= 0.6 is 0 Å². The number of nitrogens with one attached hydrogen (secondary N) is 1. The van der Waals surface area contributed by atoms with Crippen molar-refractivity contribution in [2.75, 3.05) is 0 Å². The Labute approximate surface area is 111 Å². The molecule has 0 radical (unpaired) electrons. The first kappa shape index (κ1) is 17.6. The predicted octanol–water partition coefficient (Wildman–Crippen LogP) is 2.49. The normalized spacial score (nSPS) is 13.3. The smallest absolute Gasteiger partial charge is 0.408 e. The Hall–Kier alpha value is -1.40. The van der Waals surface area contributed by atoms with Gasteiger partial charge in [0.15, 0.2) is 0 Å². The summed E-state index contributed by atoms with van der Waals surface area (Å²) in [6, 6.07) is -1.42. The van der Waals surface area contributed by atoms with E-state index in [2.05, 4.69) is 5.32 Å². The number of hydrogen-bond donors (Lipinski definition) is 1. The van der Waals surface area contributed by atoms with Gasteiger partial charge in [-0.25, -0.2) is 18.4 Å². The van der Waals surface area contributed by atoms with Crippen molar-refractivity contribution in [3.63, 3.8) is 0 Å². The quantitative estimate of drug-likeness (QED) is 0.786. The zero-order chi connectivity index (χ0) is 15.2. The van der Waals surface area contributed by atoms with Crippen molar-refractivity contribution in [2.45, 2.75) is 65.2 Å². The molecule has 1 atom stereocenters. The number of halogens is 2. The van der Waals surface area contributed by atoms with Crippen molar-refractivity contribution >= 4 is 12.1 Å². The van der Waals surface area contributed by atoms with Gasteiger partial charge in [-0.15, -0.1) is 0 Å². The van der Waals surface area contributed by atoms with Gasteiger partial charge in [-0.1, -0.05) is 0 Å². The van der Waals surface area contributed by atoms with E-state index in [9.17, 15) is 18.4 Å². The van der Waals surface area contributed by atoms with E-state index in [1.54, 1.807) is 34.6 Å². The van der Waals surface area contributed by atoms with Gasteiger partial charge in [0.05, 0.1) is 6.10 Å². The Morgan fingerprint density at radius 1 is 1.21 bits per heavy atom. The molecule has 0 spiro atoms. The summed E-state index contributed by atoms with van der Waals surface area (Å²) >= 11 is 0. The summed E-state index contributed by atoms with van der Waals surface area (Å²) in [6.07, 6.45) is -4.93. The van der Waals surface area contributed by atoms with Gasteiger partial charge in [-0.2, -0.15) is 0 Å². The molecule has 0 unspecified atom stereocenters. The molecule has 7 heteroatoms. The number of hydrogen-bond acceptors (Lipinski definition) is 4. The second-order valence-corrected chi connectivity index (χ2v) is 5.31. The van der Waals surface area contributed by atoms with Crippen LogP contribution in [0.25, 0.3) is 0 Å². The lowest BCUT2D eigenvalue weighted by Crippen LogP contribution is -2.45. The molecular weight excluding hydrogens is 260 g/mol. The minimum atomic E-state index is -2.74. The highest BCUT2D eigenvalue weighted by Gasteiger charge is 2.28. The van der Waals surface area contributed by atoms with Gasteiger partial charge in [-0.05, 0) is 34.6 Å². The highest BCUT2D eigenvalue weighted by molar-refractivity contribution is 5.81. The number of alkyl halides is 2. The molecule has 1 amide bonds. The molecule has 0 saturated carbocycles. The SMILES string of the molecule is CC(C)OC(=O)[C@H](CC(F)F)NC(=O)OC(C)(C)C. The molecule has 0 aromatic carbocycles. The average molecular weight is 281 g/mol. The van der Waals surface area contributed by atoms with Crippen molar-refractivity contribution < 1.29 is 27.8 Å². The third kappa shape index (κ3) is 9.21. The van der Waals surface area contributed by atoms with Crippen LogP contribution in [0.1, 0.15) is 41.0 Å². The Balaban J connectivity index is 4.59. The maximum absolute atomic E-state index is 12.4. The summed E-state index contributed by atoms with van der Waals surface area (Å²) in [5.74, 6) is -0.902. The number of ether oxygens (including phenoxy) is 2. The molecule has 0 rings (SSSR count). The van der Waals surface area contributed by atoms with E-state index in [1.807, 2.05) is 0 Å². The molecule has 0 fully saturated rings. The minimum absolute atomic E-state index is 0.451. The maximum Gasteiger partial charge on any atom is 0.408 e. The van der Waals surface area contributed by atoms with Crippen LogP contribution in [0.15, 0.2) is 0 Å². The van der Waals surface area contributed by atoms with Crippen LogP contribution in [0, 0.1) is 0 Å². The fourth-order valence-electron chi connectivity index (χ4n) is 1.16. The first-order valence-corrected chi connectivity index (χ1v) is 5.99. The number of esters is 1. The minimum Gasteiger partial charge on any atom is -0.461 e. The zero-order valence-electron chi connectivity index (χ0n) is 11.8. The van der Waals surface area contributed by atoms with Crippen molar-refractivity contribution in [2.24, 2.45) is 0 Å². The van der Waals surface area contributed by atoms with Gasteiger partial charge in [-0.3, -0.25) is 0 Å². The molecule has 0 aliphatic carbocycles. The molecule has 0 saturated heterocycles. The Morgan fingerprint density at radius 2 is 1.74 bits per heavy atom. The summed E-state index contributed by atoms with van der Waals surface area (Å²) in [6.45, 7) is 8.05. The Morgan fingerprint density at radius 3 is 2.11 bits per heavy atom. The number of carbonyl (C=O) groups excluding carboxylic acids is 2. The molecule has 1 N–H and O–H groups in total. The third-order valence-corrected chi connectivity index (χ3v) is 1.74. The molecule has 0 heterocycles. The summed E-state index contributed by atoms with van der Waals surface area (Å²) < 4.78 is 34.4. The van der Waals surface area contributed by atoms with E-state index in [4.69, 9.17) is 9.47 Å². The van der Waals surface area contributed by atoms with E-state index < -0.39 is 42.7 Å².